The van der Waals surface area contributed by atoms with Crippen LogP contribution in [-0.2, 0) is 10.8 Å². The van der Waals surface area contributed by atoms with Crippen LogP contribution in [0.25, 0.3) is 20.2 Å². The van der Waals surface area contributed by atoms with Crippen molar-refractivity contribution in [3.05, 3.63) is 147 Å². The highest BCUT2D eigenvalue weighted by Gasteiger charge is 2.53. The van der Waals surface area contributed by atoms with Gasteiger partial charge in [0.1, 0.15) is 0 Å². The second-order valence-electron chi connectivity index (χ2n) is 26.6. The van der Waals surface area contributed by atoms with E-state index in [1.54, 1.807) is 27.6 Å². The predicted molar refractivity (Wildman–Crippen MR) is 297 cm³/mol. The van der Waals surface area contributed by atoms with Crippen molar-refractivity contribution in [2.24, 2.45) is 33.5 Å². The third kappa shape index (κ3) is 7.89. The highest BCUT2D eigenvalue weighted by Crippen LogP contribution is 2.57. The van der Waals surface area contributed by atoms with E-state index in [-0.39, 0.29) is 45.2 Å². The molecule has 2 aliphatic heterocycles. The molecule has 0 N–H and O–H groups in total. The molecule has 2 aromatic heterocycles. The first-order valence-electron chi connectivity index (χ1n) is 25.5. The van der Waals surface area contributed by atoms with Gasteiger partial charge in [-0.05, 0) is 163 Å². The smallest absolute Gasteiger partial charge is 0.248 e. The Labute approximate surface area is 413 Å². The molecule has 0 bridgehead atoms. The second-order valence-corrected chi connectivity index (χ2v) is 28.5. The molecule has 4 aromatic rings. The maximum absolute atomic E-state index is 2.90. The fourth-order valence-electron chi connectivity index (χ4n) is 12.7. The molecule has 0 spiro atoms. The minimum atomic E-state index is -0.0147. The molecule has 67 heavy (non-hydrogen) atoms. The highest BCUT2D eigenvalue weighted by atomic mass is 32.1. The molecule has 2 aromatic carbocycles. The van der Waals surface area contributed by atoms with Gasteiger partial charge < -0.3 is 9.80 Å². The van der Waals surface area contributed by atoms with E-state index in [1.165, 1.54) is 71.8 Å². The van der Waals surface area contributed by atoms with Gasteiger partial charge in [0, 0.05) is 32.2 Å². The van der Waals surface area contributed by atoms with Gasteiger partial charge in [-0.15, -0.1) is 22.7 Å². The number of nitrogens with zero attached hydrogens (tertiary/aromatic N) is 2. The Morgan fingerprint density at radius 1 is 0.687 bits per heavy atom. The average Bonchev–Trinajstić information content (AvgIpc) is 3.65. The molecule has 10 rings (SSSR count). The Morgan fingerprint density at radius 2 is 1.34 bits per heavy atom. The molecule has 350 valence electrons. The molecule has 0 fully saturated rings. The van der Waals surface area contributed by atoms with Crippen molar-refractivity contribution < 1.29 is 0 Å². The molecule has 2 nitrogen and oxygen atoms in total. The van der Waals surface area contributed by atoms with Gasteiger partial charge in [0.05, 0.1) is 11.0 Å². The lowest BCUT2D eigenvalue weighted by Crippen LogP contribution is -2.58. The van der Waals surface area contributed by atoms with Gasteiger partial charge in [0.25, 0.3) is 0 Å². The number of thiophene rings is 1. The molecule has 0 radical (unpaired) electrons. The van der Waals surface area contributed by atoms with E-state index in [9.17, 15) is 0 Å². The van der Waals surface area contributed by atoms with Crippen LogP contribution in [0.4, 0.5) is 10.7 Å². The van der Waals surface area contributed by atoms with Crippen molar-refractivity contribution in [3.8, 4) is 0 Å². The minimum absolute atomic E-state index is 0.0147. The van der Waals surface area contributed by atoms with Crippen molar-refractivity contribution in [2.75, 3.05) is 9.80 Å². The summed E-state index contributed by atoms with van der Waals surface area (Å²) < 4.78 is 2.74. The summed E-state index contributed by atoms with van der Waals surface area (Å²) >= 11 is 3.91. The number of allylic oxidation sites excluding steroid dienone is 8. The first kappa shape index (κ1) is 46.7. The zero-order valence-electron chi connectivity index (χ0n) is 43.8. The van der Waals surface area contributed by atoms with E-state index in [0.717, 1.165) is 19.3 Å². The second kappa shape index (κ2) is 15.7. The van der Waals surface area contributed by atoms with Crippen LogP contribution in [0.2, 0.25) is 0 Å². The quantitative estimate of drug-likeness (QED) is 0.185. The normalized spacial score (nSPS) is 23.6. The van der Waals surface area contributed by atoms with Crippen LogP contribution in [0.3, 0.4) is 0 Å². The Hall–Kier alpha value is -4.06. The molecule has 3 unspecified atom stereocenters. The fraction of sp³-hybridized carbons (Fsp3) is 0.484. The number of hydrogen-bond donors (Lipinski definition) is 0. The summed E-state index contributed by atoms with van der Waals surface area (Å²) in [6.45, 7) is 39.5. The van der Waals surface area contributed by atoms with E-state index in [1.807, 2.05) is 11.3 Å². The van der Waals surface area contributed by atoms with E-state index in [4.69, 9.17) is 0 Å². The Kier molecular flexibility index (Phi) is 11.0. The number of fused-ring (bicyclic) bond motifs is 7. The van der Waals surface area contributed by atoms with Crippen LogP contribution in [0.1, 0.15) is 154 Å². The summed E-state index contributed by atoms with van der Waals surface area (Å²) in [6.07, 6.45) is 18.8. The summed E-state index contributed by atoms with van der Waals surface area (Å²) in [5.41, 5.74) is 16.9. The molecule has 4 aliphatic carbocycles. The lowest BCUT2D eigenvalue weighted by atomic mass is 9.30. The zero-order chi connectivity index (χ0) is 48.0. The number of benzene rings is 2. The minimum Gasteiger partial charge on any atom is -0.327 e. The molecule has 5 heteroatoms. The largest absolute Gasteiger partial charge is 0.327 e. The monoisotopic (exact) mass is 925 g/mol. The first-order chi connectivity index (χ1) is 31.2. The third-order valence-electron chi connectivity index (χ3n) is 16.9. The van der Waals surface area contributed by atoms with Crippen molar-refractivity contribution >= 4 is 65.7 Å². The van der Waals surface area contributed by atoms with Crippen molar-refractivity contribution in [3.63, 3.8) is 0 Å². The third-order valence-corrected chi connectivity index (χ3v) is 18.9. The van der Waals surface area contributed by atoms with Crippen molar-refractivity contribution in [2.45, 2.75) is 160 Å². The van der Waals surface area contributed by atoms with Crippen molar-refractivity contribution in [1.82, 2.24) is 0 Å². The number of rotatable bonds is 2. The van der Waals surface area contributed by atoms with Crippen LogP contribution in [0.5, 0.6) is 0 Å². The summed E-state index contributed by atoms with van der Waals surface area (Å²) in [5, 5.41) is 6.45. The lowest BCUT2D eigenvalue weighted by molar-refractivity contribution is 0.140. The fourth-order valence-corrected chi connectivity index (χ4v) is 14.8. The Bertz CT molecular complexity index is 2960. The molecular formula is C62H77BN2S2. The standard InChI is InChI=1S/C62H77BN2S2/c1-57(2,3)39-24-27-49-48(32-39)63-54-43-36-46-47(62(15,16)29-28-61(46,13)14)37-53(43)67-56(54)65(42-25-26-44(59(7,8)9)45(35-42)60(10,11)12)51-34-40(58(4,5)6)33-50(55(51)63)64(49)41-22-19-20-30-66-52-23-18-17-21-38(52)31-41/h17-23,25-26,30-33,35-37,44-45,51H,24,27-29,34H2,1-16H3. The lowest BCUT2D eigenvalue weighted by Gasteiger charge is -2.53. The van der Waals surface area contributed by atoms with E-state index in [0.29, 0.717) is 11.8 Å². The van der Waals surface area contributed by atoms with Gasteiger partial charge in [-0.2, -0.15) is 0 Å². The highest BCUT2D eigenvalue weighted by molar-refractivity contribution is 7.25. The predicted octanol–water partition coefficient (Wildman–Crippen LogP) is 17.5. The SMILES string of the molecule is CC(C)(C)C1=CC2=C(CC1)N(c1ccccsc3ccccc3c1)C1=C3B2c2c(sc4cc5c(cc24)C(C)(C)CCC5(C)C)N(C2=CC(C(C)(C)C)C(C(C)(C)C)C=C2)C3CC(C(C)(C)C)=C1. The van der Waals surface area contributed by atoms with Gasteiger partial charge in [-0.25, -0.2) is 0 Å². The molecule has 0 saturated heterocycles. The molecular weight excluding hydrogens is 848 g/mol. The van der Waals surface area contributed by atoms with Crippen LogP contribution in [0.15, 0.2) is 136 Å². The molecule has 0 saturated carbocycles. The summed E-state index contributed by atoms with van der Waals surface area (Å²) in [6, 6.07) is 23.9. The van der Waals surface area contributed by atoms with Crippen LogP contribution < -0.4 is 15.3 Å². The molecule has 4 heterocycles. The molecule has 6 aliphatic rings. The van der Waals surface area contributed by atoms with Gasteiger partial charge in [0.2, 0.25) is 6.71 Å². The van der Waals surface area contributed by atoms with Crippen LogP contribution in [0, 0.1) is 33.5 Å². The van der Waals surface area contributed by atoms with Crippen LogP contribution in [-0.4, -0.2) is 12.8 Å². The van der Waals surface area contributed by atoms with Gasteiger partial charge in [-0.1, -0.05) is 170 Å². The first-order valence-corrected chi connectivity index (χ1v) is 27.2. The summed E-state index contributed by atoms with van der Waals surface area (Å²) in [4.78, 5) is 5.66. The van der Waals surface area contributed by atoms with Gasteiger partial charge >= 0.3 is 0 Å². The van der Waals surface area contributed by atoms with Gasteiger partial charge in [-0.3, -0.25) is 0 Å². The zero-order valence-corrected chi connectivity index (χ0v) is 45.4. The topological polar surface area (TPSA) is 6.48 Å². The maximum atomic E-state index is 2.90. The molecule has 0 amide bonds. The van der Waals surface area contributed by atoms with E-state index < -0.39 is 0 Å². The average molecular weight is 925 g/mol. The Balaban J connectivity index is 1.36. The summed E-state index contributed by atoms with van der Waals surface area (Å²) in [5.74, 6) is 0.830. The molecule has 3 atom stereocenters. The number of anilines is 2. The Morgan fingerprint density at radius 3 is 2.01 bits per heavy atom. The number of hydrogen-bond acceptors (Lipinski definition) is 4. The maximum Gasteiger partial charge on any atom is 0.248 e. The van der Waals surface area contributed by atoms with Gasteiger partial charge in [0.15, 0.2) is 0 Å². The van der Waals surface area contributed by atoms with Crippen LogP contribution >= 0.6 is 22.7 Å². The van der Waals surface area contributed by atoms with E-state index >= 15 is 0 Å². The van der Waals surface area contributed by atoms with Crippen molar-refractivity contribution in [1.29, 1.82) is 0 Å². The van der Waals surface area contributed by atoms with E-state index in [2.05, 4.69) is 228 Å². The summed E-state index contributed by atoms with van der Waals surface area (Å²) in [7, 11) is 0.